The molecule has 0 saturated heterocycles. The monoisotopic (exact) mass is 374 g/mol. The van der Waals surface area contributed by atoms with Crippen LogP contribution in [0.25, 0.3) is 22.6 Å². The van der Waals surface area contributed by atoms with Crippen molar-refractivity contribution in [1.29, 1.82) is 0 Å². The van der Waals surface area contributed by atoms with E-state index in [1.165, 1.54) is 17.5 Å². The topological polar surface area (TPSA) is 63.3 Å². The predicted octanol–water partition coefficient (Wildman–Crippen LogP) is 5.53. The molecule has 0 amide bonds. The highest BCUT2D eigenvalue weighted by Gasteiger charge is 2.08. The van der Waals surface area contributed by atoms with E-state index in [4.69, 9.17) is 4.42 Å². The number of thiophene rings is 1. The van der Waals surface area contributed by atoms with Crippen molar-refractivity contribution in [2.24, 2.45) is 5.10 Å². The van der Waals surface area contributed by atoms with Gasteiger partial charge in [0.05, 0.1) is 11.9 Å². The van der Waals surface area contributed by atoms with E-state index in [-0.39, 0.29) is 0 Å². The van der Waals surface area contributed by atoms with E-state index in [1.54, 1.807) is 11.3 Å². The van der Waals surface area contributed by atoms with E-state index in [1.807, 2.05) is 24.4 Å². The van der Waals surface area contributed by atoms with Gasteiger partial charge >= 0.3 is 0 Å². The van der Waals surface area contributed by atoms with Gasteiger partial charge in [0.2, 0.25) is 12.3 Å². The molecule has 0 aliphatic carbocycles. The minimum atomic E-state index is 0.521. The molecule has 5 nitrogen and oxygen atoms in total. The van der Waals surface area contributed by atoms with E-state index in [2.05, 4.69) is 70.3 Å². The van der Waals surface area contributed by atoms with Gasteiger partial charge in [-0.05, 0) is 71.8 Å². The third-order valence-electron chi connectivity index (χ3n) is 4.32. The molecule has 2 aromatic heterocycles. The van der Waals surface area contributed by atoms with Gasteiger partial charge in [0.15, 0.2) is 0 Å². The summed E-state index contributed by atoms with van der Waals surface area (Å²) in [5, 5.41) is 14.1. The molecule has 2 heterocycles. The molecular formula is C21H18N4OS. The number of benzene rings is 2. The summed E-state index contributed by atoms with van der Waals surface area (Å²) in [6.45, 7) is 4.17. The molecule has 0 radical (unpaired) electrons. The summed E-state index contributed by atoms with van der Waals surface area (Å²) < 4.78 is 5.31. The number of hydrogen-bond donors (Lipinski definition) is 1. The number of hydrazone groups is 1. The summed E-state index contributed by atoms with van der Waals surface area (Å²) in [6.07, 6.45) is 3.19. The summed E-state index contributed by atoms with van der Waals surface area (Å²) >= 11 is 1.68. The molecule has 27 heavy (non-hydrogen) atoms. The molecule has 134 valence electrons. The van der Waals surface area contributed by atoms with Crippen LogP contribution in [0.1, 0.15) is 16.0 Å². The van der Waals surface area contributed by atoms with Crippen molar-refractivity contribution in [3.05, 3.63) is 76.3 Å². The fourth-order valence-corrected chi connectivity index (χ4v) is 3.56. The molecule has 0 aliphatic rings. The Balaban J connectivity index is 1.53. The number of aromatic nitrogens is 2. The first kappa shape index (κ1) is 17.2. The molecule has 0 fully saturated rings. The highest BCUT2D eigenvalue weighted by molar-refractivity contribution is 7.11. The van der Waals surface area contributed by atoms with Gasteiger partial charge in [-0.25, -0.2) is 0 Å². The standard InChI is InChI=1S/C21H18N4OS/c1-14-3-4-17(21-25-23-13-26-21)11-19(14)16-5-7-18(8-6-16)24-22-12-20-15(2)9-10-27-20/h3-13,24H,1-2H3. The highest BCUT2D eigenvalue weighted by atomic mass is 32.1. The first-order valence-electron chi connectivity index (χ1n) is 8.51. The van der Waals surface area contributed by atoms with Crippen LogP contribution in [0.3, 0.4) is 0 Å². The molecule has 0 saturated carbocycles. The Morgan fingerprint density at radius 1 is 1.00 bits per heavy atom. The molecule has 1 N–H and O–H groups in total. The van der Waals surface area contributed by atoms with E-state index < -0.39 is 0 Å². The highest BCUT2D eigenvalue weighted by Crippen LogP contribution is 2.29. The Labute approximate surface area is 161 Å². The SMILES string of the molecule is Cc1ccc(-c2nnco2)cc1-c1ccc(NN=Cc2sccc2C)cc1. The van der Waals surface area contributed by atoms with Crippen molar-refractivity contribution in [3.8, 4) is 22.6 Å². The van der Waals surface area contributed by atoms with Gasteiger partial charge in [0, 0.05) is 10.4 Å². The van der Waals surface area contributed by atoms with Gasteiger partial charge in [0.25, 0.3) is 0 Å². The predicted molar refractivity (Wildman–Crippen MR) is 110 cm³/mol. The van der Waals surface area contributed by atoms with Crippen LogP contribution in [-0.4, -0.2) is 16.4 Å². The van der Waals surface area contributed by atoms with E-state index >= 15 is 0 Å². The average Bonchev–Trinajstić information content (AvgIpc) is 3.35. The normalized spacial score (nSPS) is 11.2. The van der Waals surface area contributed by atoms with Crippen molar-refractivity contribution in [2.45, 2.75) is 13.8 Å². The lowest BCUT2D eigenvalue weighted by atomic mass is 9.98. The Morgan fingerprint density at radius 3 is 2.52 bits per heavy atom. The second-order valence-electron chi connectivity index (χ2n) is 6.19. The molecule has 0 atom stereocenters. The number of nitrogens with zero attached hydrogens (tertiary/aromatic N) is 3. The quantitative estimate of drug-likeness (QED) is 0.369. The lowest BCUT2D eigenvalue weighted by Crippen LogP contribution is -1.91. The van der Waals surface area contributed by atoms with Gasteiger partial charge < -0.3 is 4.42 Å². The van der Waals surface area contributed by atoms with Crippen LogP contribution in [0.5, 0.6) is 0 Å². The molecule has 6 heteroatoms. The third-order valence-corrected chi connectivity index (χ3v) is 5.27. The van der Waals surface area contributed by atoms with Gasteiger partial charge in [-0.2, -0.15) is 5.10 Å². The van der Waals surface area contributed by atoms with Crippen LogP contribution in [0, 0.1) is 13.8 Å². The maximum Gasteiger partial charge on any atom is 0.247 e. The number of aryl methyl sites for hydroxylation is 2. The van der Waals surface area contributed by atoms with Gasteiger partial charge in [-0.15, -0.1) is 21.5 Å². The van der Waals surface area contributed by atoms with Gasteiger partial charge in [-0.3, -0.25) is 5.43 Å². The average molecular weight is 374 g/mol. The Hall–Kier alpha value is -3.25. The van der Waals surface area contributed by atoms with Crippen LogP contribution in [0.2, 0.25) is 0 Å². The zero-order valence-corrected chi connectivity index (χ0v) is 15.8. The number of rotatable bonds is 5. The lowest BCUT2D eigenvalue weighted by Gasteiger charge is -2.09. The molecule has 0 spiro atoms. The van der Waals surface area contributed by atoms with Crippen LogP contribution in [0.4, 0.5) is 5.69 Å². The molecule has 0 aliphatic heterocycles. The van der Waals surface area contributed by atoms with E-state index in [0.29, 0.717) is 5.89 Å². The third kappa shape index (κ3) is 3.80. The minimum absolute atomic E-state index is 0.521. The second-order valence-corrected chi connectivity index (χ2v) is 7.14. The fourth-order valence-electron chi connectivity index (χ4n) is 2.77. The summed E-state index contributed by atoms with van der Waals surface area (Å²) in [5.41, 5.74) is 9.60. The number of hydrogen-bond acceptors (Lipinski definition) is 6. The molecule has 0 bridgehead atoms. The van der Waals surface area contributed by atoms with Crippen molar-refractivity contribution < 1.29 is 4.42 Å². The Kier molecular flexibility index (Phi) is 4.80. The number of anilines is 1. The van der Waals surface area contributed by atoms with Crippen molar-refractivity contribution in [1.82, 2.24) is 10.2 Å². The smallest absolute Gasteiger partial charge is 0.247 e. The van der Waals surface area contributed by atoms with Gasteiger partial charge in [0.1, 0.15) is 0 Å². The molecule has 4 rings (SSSR count). The molecular weight excluding hydrogens is 356 g/mol. The maximum absolute atomic E-state index is 5.31. The summed E-state index contributed by atoms with van der Waals surface area (Å²) in [7, 11) is 0. The van der Waals surface area contributed by atoms with Crippen molar-refractivity contribution in [2.75, 3.05) is 5.43 Å². The largest absolute Gasteiger partial charge is 0.423 e. The maximum atomic E-state index is 5.31. The second kappa shape index (κ2) is 7.55. The Bertz CT molecular complexity index is 1070. The Morgan fingerprint density at radius 2 is 1.81 bits per heavy atom. The van der Waals surface area contributed by atoms with Crippen LogP contribution >= 0.6 is 11.3 Å². The van der Waals surface area contributed by atoms with E-state index in [0.717, 1.165) is 27.3 Å². The summed E-state index contributed by atoms with van der Waals surface area (Å²) in [6, 6.07) is 16.4. The van der Waals surface area contributed by atoms with E-state index in [9.17, 15) is 0 Å². The lowest BCUT2D eigenvalue weighted by molar-refractivity contribution is 0.568. The first-order valence-corrected chi connectivity index (χ1v) is 9.39. The van der Waals surface area contributed by atoms with Crippen molar-refractivity contribution >= 4 is 23.2 Å². The fraction of sp³-hybridized carbons (Fsp3) is 0.0952. The van der Waals surface area contributed by atoms with Crippen molar-refractivity contribution in [3.63, 3.8) is 0 Å². The first-order chi connectivity index (χ1) is 13.2. The summed E-state index contributed by atoms with van der Waals surface area (Å²) in [4.78, 5) is 1.16. The summed E-state index contributed by atoms with van der Waals surface area (Å²) in [5.74, 6) is 0.521. The molecule has 4 aromatic rings. The number of nitrogens with one attached hydrogen (secondary N) is 1. The molecule has 2 aromatic carbocycles. The van der Waals surface area contributed by atoms with Crippen LogP contribution in [0.15, 0.2) is 69.8 Å². The minimum Gasteiger partial charge on any atom is -0.423 e. The van der Waals surface area contributed by atoms with Crippen LogP contribution < -0.4 is 5.43 Å². The zero-order valence-electron chi connectivity index (χ0n) is 15.0. The van der Waals surface area contributed by atoms with Crippen LogP contribution in [-0.2, 0) is 0 Å². The molecule has 0 unspecified atom stereocenters. The van der Waals surface area contributed by atoms with Gasteiger partial charge in [-0.1, -0.05) is 18.2 Å². The zero-order chi connectivity index (χ0) is 18.6.